The molecule has 2 aliphatic rings. The molecule has 1 saturated heterocycles. The maximum absolute atomic E-state index is 13.1. The zero-order chi connectivity index (χ0) is 18.4. The van der Waals surface area contributed by atoms with Crippen LogP contribution in [0.4, 0.5) is 5.69 Å². The highest BCUT2D eigenvalue weighted by Gasteiger charge is 2.47. The van der Waals surface area contributed by atoms with Gasteiger partial charge in [-0.2, -0.15) is 4.31 Å². The molecule has 11 heteroatoms. The number of sulfonamides is 1. The molecule has 0 aromatic heterocycles. The molecule has 1 aromatic carbocycles. The van der Waals surface area contributed by atoms with Crippen molar-refractivity contribution in [3.05, 3.63) is 28.3 Å². The number of nitro groups is 1. The molecule has 0 N–H and O–H groups in total. The van der Waals surface area contributed by atoms with Crippen molar-refractivity contribution in [2.24, 2.45) is 0 Å². The van der Waals surface area contributed by atoms with Gasteiger partial charge in [0.05, 0.1) is 29.6 Å². The van der Waals surface area contributed by atoms with Crippen LogP contribution in [0.1, 0.15) is 19.3 Å². The van der Waals surface area contributed by atoms with E-state index in [9.17, 15) is 26.9 Å². The molecule has 1 unspecified atom stereocenters. The molecule has 0 spiro atoms. The third-order valence-electron chi connectivity index (χ3n) is 4.39. The molecule has 2 fully saturated rings. The summed E-state index contributed by atoms with van der Waals surface area (Å²) in [6.45, 7) is 0. The molecule has 3 rings (SSSR count). The van der Waals surface area contributed by atoms with Gasteiger partial charge in [0, 0.05) is 12.1 Å². The third-order valence-corrected chi connectivity index (χ3v) is 8.20. The Bertz CT molecular complexity index is 907. The smallest absolute Gasteiger partial charge is 0.293 e. The summed E-state index contributed by atoms with van der Waals surface area (Å²) in [5.41, 5.74) is -0.578. The lowest BCUT2D eigenvalue weighted by molar-refractivity contribution is -0.387. The summed E-state index contributed by atoms with van der Waals surface area (Å²) in [6, 6.07) is 2.57. The minimum Gasteiger partial charge on any atom is -0.497 e. The van der Waals surface area contributed by atoms with Gasteiger partial charge < -0.3 is 4.74 Å². The summed E-state index contributed by atoms with van der Waals surface area (Å²) >= 11 is 0. The first kappa shape index (κ1) is 18.1. The fourth-order valence-electron chi connectivity index (χ4n) is 3.09. The Labute approximate surface area is 145 Å². The first-order valence-electron chi connectivity index (χ1n) is 7.72. The highest BCUT2D eigenvalue weighted by atomic mass is 32.2. The van der Waals surface area contributed by atoms with E-state index in [0.29, 0.717) is 12.8 Å². The van der Waals surface area contributed by atoms with E-state index in [1.165, 1.54) is 17.5 Å². The van der Waals surface area contributed by atoms with Crippen molar-refractivity contribution >= 4 is 25.5 Å². The molecule has 0 bridgehead atoms. The Hall–Kier alpha value is -1.72. The Morgan fingerprint density at radius 2 is 1.92 bits per heavy atom. The quantitative estimate of drug-likeness (QED) is 0.523. The molecule has 1 aliphatic heterocycles. The highest BCUT2D eigenvalue weighted by molar-refractivity contribution is 7.92. The van der Waals surface area contributed by atoms with Crippen molar-refractivity contribution < 1.29 is 26.5 Å². The molecule has 1 heterocycles. The monoisotopic (exact) mass is 390 g/mol. The summed E-state index contributed by atoms with van der Waals surface area (Å²) in [4.78, 5) is 10.1. The average molecular weight is 390 g/mol. The van der Waals surface area contributed by atoms with Crippen molar-refractivity contribution in [2.45, 2.75) is 36.2 Å². The molecule has 1 atom stereocenters. The number of nitro benzene ring substituents is 1. The second-order valence-electron chi connectivity index (χ2n) is 6.21. The topological polar surface area (TPSA) is 124 Å². The number of sulfone groups is 1. The van der Waals surface area contributed by atoms with E-state index < -0.39 is 41.4 Å². The van der Waals surface area contributed by atoms with E-state index in [1.807, 2.05) is 0 Å². The van der Waals surface area contributed by atoms with E-state index in [0.717, 1.165) is 12.1 Å². The van der Waals surface area contributed by atoms with Crippen LogP contribution in [0.3, 0.4) is 0 Å². The van der Waals surface area contributed by atoms with Crippen LogP contribution in [0.25, 0.3) is 0 Å². The Morgan fingerprint density at radius 1 is 1.24 bits per heavy atom. The van der Waals surface area contributed by atoms with E-state index in [1.54, 1.807) is 0 Å². The fraction of sp³-hybridized carbons (Fsp3) is 0.571. The van der Waals surface area contributed by atoms with Gasteiger partial charge in [-0.1, -0.05) is 0 Å². The van der Waals surface area contributed by atoms with Crippen LogP contribution in [0.5, 0.6) is 5.75 Å². The first-order valence-corrected chi connectivity index (χ1v) is 11.0. The molecule has 138 valence electrons. The Morgan fingerprint density at radius 3 is 2.40 bits per heavy atom. The van der Waals surface area contributed by atoms with Crippen molar-refractivity contribution in [1.29, 1.82) is 0 Å². The van der Waals surface area contributed by atoms with Crippen molar-refractivity contribution in [3.8, 4) is 5.75 Å². The number of rotatable bonds is 6. The second-order valence-corrected chi connectivity index (χ2v) is 10.3. The van der Waals surface area contributed by atoms with Gasteiger partial charge in [-0.15, -0.1) is 0 Å². The Balaban J connectivity index is 2.06. The predicted molar refractivity (Wildman–Crippen MR) is 88.8 cm³/mol. The minimum atomic E-state index is -4.20. The molecule has 1 aromatic rings. The van der Waals surface area contributed by atoms with Gasteiger partial charge in [0.25, 0.3) is 5.69 Å². The van der Waals surface area contributed by atoms with Crippen LogP contribution < -0.4 is 4.74 Å². The summed E-state index contributed by atoms with van der Waals surface area (Å²) in [5, 5.41) is 11.3. The van der Waals surface area contributed by atoms with Crippen LogP contribution in [0.15, 0.2) is 23.1 Å². The minimum absolute atomic E-state index is 0.0683. The summed E-state index contributed by atoms with van der Waals surface area (Å²) in [5.74, 6) is -0.139. The normalized spacial score (nSPS) is 22.9. The molecule has 9 nitrogen and oxygen atoms in total. The molecular formula is C14H18N2O7S2. The SMILES string of the molecule is COc1ccc(S(=O)(=O)N(C2CC2)C2CCS(=O)(=O)C2)c([N+](=O)[O-])c1. The van der Waals surface area contributed by atoms with E-state index in [-0.39, 0.29) is 29.7 Å². The predicted octanol–water partition coefficient (Wildman–Crippen LogP) is 0.944. The highest BCUT2D eigenvalue weighted by Crippen LogP contribution is 2.39. The number of ether oxygens (including phenoxy) is 1. The number of hydrogen-bond acceptors (Lipinski definition) is 7. The van der Waals surface area contributed by atoms with Gasteiger partial charge in [-0.3, -0.25) is 10.1 Å². The van der Waals surface area contributed by atoms with Crippen LogP contribution in [-0.4, -0.2) is 56.8 Å². The largest absolute Gasteiger partial charge is 0.497 e. The van der Waals surface area contributed by atoms with Crippen molar-refractivity contribution in [1.82, 2.24) is 4.31 Å². The zero-order valence-corrected chi connectivity index (χ0v) is 15.1. The number of nitrogens with zero attached hydrogens (tertiary/aromatic N) is 2. The van der Waals surface area contributed by atoms with Gasteiger partial charge in [-0.05, 0) is 31.4 Å². The second kappa shape index (κ2) is 6.22. The summed E-state index contributed by atoms with van der Waals surface area (Å²) < 4.78 is 55.9. The maximum Gasteiger partial charge on any atom is 0.293 e. The molecule has 1 aliphatic carbocycles. The lowest BCUT2D eigenvalue weighted by atomic mass is 10.2. The average Bonchev–Trinajstić information content (AvgIpc) is 3.29. The number of methoxy groups -OCH3 is 1. The molecule has 0 radical (unpaired) electrons. The lowest BCUT2D eigenvalue weighted by Crippen LogP contribution is -2.42. The molecule has 0 amide bonds. The van der Waals surface area contributed by atoms with Crippen LogP contribution in [0, 0.1) is 10.1 Å². The third kappa shape index (κ3) is 3.48. The van der Waals surface area contributed by atoms with E-state index >= 15 is 0 Å². The van der Waals surface area contributed by atoms with Crippen LogP contribution in [-0.2, 0) is 19.9 Å². The van der Waals surface area contributed by atoms with Gasteiger partial charge >= 0.3 is 0 Å². The standard InChI is InChI=1S/C14H18N2O7S2/c1-23-12-4-5-14(13(8-12)16(17)18)25(21,22)15(10-2-3-10)11-6-7-24(19,20)9-11/h4-5,8,10-11H,2-3,6-7,9H2,1H3. The fourth-order valence-corrected chi connectivity index (χ4v) is 6.94. The summed E-state index contributed by atoms with van der Waals surface area (Å²) in [7, 11) is -6.16. The van der Waals surface area contributed by atoms with Crippen LogP contribution in [0.2, 0.25) is 0 Å². The van der Waals surface area contributed by atoms with Gasteiger partial charge in [-0.25, -0.2) is 16.8 Å². The van der Waals surface area contributed by atoms with Crippen LogP contribution >= 0.6 is 0 Å². The van der Waals surface area contributed by atoms with Gasteiger partial charge in [0.1, 0.15) is 5.75 Å². The molecular weight excluding hydrogens is 372 g/mol. The van der Waals surface area contributed by atoms with Gasteiger partial charge in [0.15, 0.2) is 14.7 Å². The lowest BCUT2D eigenvalue weighted by Gasteiger charge is -2.27. The van der Waals surface area contributed by atoms with Crippen molar-refractivity contribution in [2.75, 3.05) is 18.6 Å². The summed E-state index contributed by atoms with van der Waals surface area (Å²) in [6.07, 6.45) is 1.46. The van der Waals surface area contributed by atoms with E-state index in [4.69, 9.17) is 4.74 Å². The number of benzene rings is 1. The van der Waals surface area contributed by atoms with Crippen molar-refractivity contribution in [3.63, 3.8) is 0 Å². The first-order chi connectivity index (χ1) is 11.7. The van der Waals surface area contributed by atoms with Gasteiger partial charge in [0.2, 0.25) is 10.0 Å². The number of hydrogen-bond donors (Lipinski definition) is 0. The zero-order valence-electron chi connectivity index (χ0n) is 13.5. The maximum atomic E-state index is 13.1. The molecule has 1 saturated carbocycles. The molecule has 25 heavy (non-hydrogen) atoms. The Kier molecular flexibility index (Phi) is 4.50. The van der Waals surface area contributed by atoms with E-state index in [2.05, 4.69) is 0 Å².